The van der Waals surface area contributed by atoms with Crippen molar-refractivity contribution in [1.29, 1.82) is 0 Å². The van der Waals surface area contributed by atoms with Crippen LogP contribution in [0.5, 0.6) is 0 Å². The van der Waals surface area contributed by atoms with Gasteiger partial charge in [0.05, 0.1) is 22.2 Å². The highest BCUT2D eigenvalue weighted by Crippen LogP contribution is 2.31. The molecule has 0 saturated heterocycles. The minimum absolute atomic E-state index is 0.0361. The molecule has 0 amide bonds. The number of benzene rings is 3. The molecule has 9 heteroatoms. The first kappa shape index (κ1) is 24.2. The Kier molecular flexibility index (Phi) is 8.65. The molecule has 0 heterocycles. The molecule has 1 unspecified atom stereocenters. The zero-order valence-corrected chi connectivity index (χ0v) is 19.5. The predicted molar refractivity (Wildman–Crippen MR) is 126 cm³/mol. The van der Waals surface area contributed by atoms with Gasteiger partial charge in [0.15, 0.2) is 0 Å². The molecule has 0 aliphatic carbocycles. The van der Waals surface area contributed by atoms with E-state index in [1.54, 1.807) is 54.6 Å². The highest BCUT2D eigenvalue weighted by molar-refractivity contribution is 6.39. The van der Waals surface area contributed by atoms with Crippen molar-refractivity contribution in [3.8, 4) is 0 Å². The fraction of sp³-hybridized carbons (Fsp3) is 0.130. The summed E-state index contributed by atoms with van der Waals surface area (Å²) in [6.45, 7) is -0.153. The minimum atomic E-state index is -1.49. The zero-order valence-electron chi connectivity index (χ0n) is 16.5. The summed E-state index contributed by atoms with van der Waals surface area (Å²) in [6, 6.07) is 18.6. The molecule has 0 aliphatic heterocycles. The number of anilines is 1. The van der Waals surface area contributed by atoms with Gasteiger partial charge in [0.2, 0.25) is 0 Å². The van der Waals surface area contributed by atoms with Crippen molar-refractivity contribution in [2.75, 3.05) is 5.32 Å². The van der Waals surface area contributed by atoms with Crippen LogP contribution in [0.3, 0.4) is 0 Å². The largest absolute Gasteiger partial charge is 0.457 e. The molecule has 5 nitrogen and oxygen atoms in total. The highest BCUT2D eigenvalue weighted by atomic mass is 35.5. The number of ether oxygens (including phenoxy) is 2. The Hall–Kier alpha value is -2.44. The van der Waals surface area contributed by atoms with Crippen molar-refractivity contribution in [2.24, 2.45) is 0 Å². The number of nitrogens with one attached hydrogen (secondary N) is 1. The van der Waals surface area contributed by atoms with Crippen LogP contribution in [0.2, 0.25) is 20.1 Å². The normalized spacial score (nSPS) is 11.5. The van der Waals surface area contributed by atoms with Gasteiger partial charge in [-0.05, 0) is 29.8 Å². The van der Waals surface area contributed by atoms with Crippen LogP contribution in [-0.2, 0) is 32.1 Å². The maximum Gasteiger partial charge on any atom is 0.369 e. The van der Waals surface area contributed by atoms with E-state index in [4.69, 9.17) is 55.9 Å². The maximum atomic E-state index is 12.8. The van der Waals surface area contributed by atoms with Gasteiger partial charge >= 0.3 is 11.9 Å². The third-order valence-corrected chi connectivity index (χ3v) is 5.49. The second-order valence-corrected chi connectivity index (χ2v) is 8.27. The van der Waals surface area contributed by atoms with Crippen LogP contribution in [0.4, 0.5) is 5.69 Å². The number of esters is 2. The van der Waals surface area contributed by atoms with E-state index in [-0.39, 0.29) is 28.8 Å². The molecule has 32 heavy (non-hydrogen) atoms. The molecule has 0 saturated carbocycles. The van der Waals surface area contributed by atoms with E-state index in [1.165, 1.54) is 6.07 Å². The number of hydrogen-bond donors (Lipinski definition) is 1. The molecule has 0 radical (unpaired) electrons. The van der Waals surface area contributed by atoms with Crippen molar-refractivity contribution in [3.63, 3.8) is 0 Å². The lowest BCUT2D eigenvalue weighted by molar-refractivity contribution is -0.166. The molecule has 0 aromatic heterocycles. The molecular formula is C23H17Cl4NO4. The summed E-state index contributed by atoms with van der Waals surface area (Å²) >= 11 is 24.4. The molecule has 3 aromatic carbocycles. The SMILES string of the molecule is O=C(Cc1ccccc1)OC(Nc1c(Cl)cccc1Cl)C(=O)OCc1ccc(Cl)cc1Cl. The van der Waals surface area contributed by atoms with Crippen molar-refractivity contribution < 1.29 is 19.1 Å². The summed E-state index contributed by atoms with van der Waals surface area (Å²) in [5, 5.41) is 4.04. The van der Waals surface area contributed by atoms with E-state index in [2.05, 4.69) is 5.32 Å². The Morgan fingerprint density at radius 1 is 0.844 bits per heavy atom. The Morgan fingerprint density at radius 3 is 2.19 bits per heavy atom. The zero-order chi connectivity index (χ0) is 23.1. The Balaban J connectivity index is 1.75. The second-order valence-electron chi connectivity index (χ2n) is 6.62. The molecule has 166 valence electrons. The average molecular weight is 513 g/mol. The van der Waals surface area contributed by atoms with Gasteiger partial charge in [-0.1, -0.05) is 88.9 Å². The maximum absolute atomic E-state index is 12.8. The number of hydrogen-bond acceptors (Lipinski definition) is 5. The predicted octanol–water partition coefficient (Wildman–Crippen LogP) is 6.57. The molecule has 0 fully saturated rings. The lowest BCUT2D eigenvalue weighted by atomic mass is 10.2. The summed E-state index contributed by atoms with van der Waals surface area (Å²) in [7, 11) is 0. The standard InChI is InChI=1S/C23H17Cl4NO4/c24-16-10-9-15(19(27)12-16)13-31-23(30)22(28-21-17(25)7-4-8-18(21)26)32-20(29)11-14-5-2-1-3-6-14/h1-10,12,22,28H,11,13H2. The quantitative estimate of drug-likeness (QED) is 0.273. The molecule has 0 aliphatic rings. The Bertz CT molecular complexity index is 1090. The third kappa shape index (κ3) is 6.78. The number of para-hydroxylation sites is 1. The fourth-order valence-corrected chi connectivity index (χ4v) is 3.67. The van der Waals surface area contributed by atoms with Gasteiger partial charge in [0.1, 0.15) is 6.61 Å². The Labute approximate surface area is 205 Å². The van der Waals surface area contributed by atoms with Gasteiger partial charge in [0.25, 0.3) is 6.23 Å². The topological polar surface area (TPSA) is 64.6 Å². The van der Waals surface area contributed by atoms with Gasteiger partial charge in [-0.3, -0.25) is 4.79 Å². The summed E-state index contributed by atoms with van der Waals surface area (Å²) in [5.74, 6) is -1.49. The minimum Gasteiger partial charge on any atom is -0.457 e. The molecule has 0 spiro atoms. The van der Waals surface area contributed by atoms with Crippen LogP contribution in [0.1, 0.15) is 11.1 Å². The summed E-state index contributed by atoms with van der Waals surface area (Å²) in [6.07, 6.45) is -1.53. The summed E-state index contributed by atoms with van der Waals surface area (Å²) < 4.78 is 10.7. The Morgan fingerprint density at radius 2 is 1.53 bits per heavy atom. The van der Waals surface area contributed by atoms with Crippen LogP contribution in [0.25, 0.3) is 0 Å². The summed E-state index contributed by atoms with van der Waals surface area (Å²) in [5.41, 5.74) is 1.50. The van der Waals surface area contributed by atoms with Gasteiger partial charge in [0, 0.05) is 15.6 Å². The van der Waals surface area contributed by atoms with E-state index in [9.17, 15) is 9.59 Å². The molecule has 3 rings (SSSR count). The van der Waals surface area contributed by atoms with E-state index >= 15 is 0 Å². The molecule has 1 N–H and O–H groups in total. The van der Waals surface area contributed by atoms with E-state index in [0.29, 0.717) is 15.6 Å². The van der Waals surface area contributed by atoms with Gasteiger partial charge in [-0.25, -0.2) is 4.79 Å². The first-order valence-corrected chi connectivity index (χ1v) is 10.9. The number of halogens is 4. The monoisotopic (exact) mass is 511 g/mol. The second kappa shape index (κ2) is 11.4. The van der Waals surface area contributed by atoms with Crippen LogP contribution in [-0.4, -0.2) is 18.2 Å². The van der Waals surface area contributed by atoms with Crippen molar-refractivity contribution >= 4 is 64.0 Å². The number of carbonyl (C=O) groups excluding carboxylic acids is 2. The first-order valence-electron chi connectivity index (χ1n) is 9.38. The molecular weight excluding hydrogens is 496 g/mol. The average Bonchev–Trinajstić information content (AvgIpc) is 2.75. The van der Waals surface area contributed by atoms with E-state index in [1.807, 2.05) is 6.07 Å². The first-order chi connectivity index (χ1) is 15.3. The number of rotatable bonds is 8. The van der Waals surface area contributed by atoms with Crippen LogP contribution in [0.15, 0.2) is 66.7 Å². The molecule has 1 atom stereocenters. The van der Waals surface area contributed by atoms with Gasteiger partial charge in [-0.15, -0.1) is 0 Å². The van der Waals surface area contributed by atoms with Crippen molar-refractivity contribution in [2.45, 2.75) is 19.3 Å². The third-order valence-electron chi connectivity index (χ3n) is 4.28. The molecule has 3 aromatic rings. The highest BCUT2D eigenvalue weighted by Gasteiger charge is 2.26. The smallest absolute Gasteiger partial charge is 0.369 e. The summed E-state index contributed by atoms with van der Waals surface area (Å²) in [4.78, 5) is 25.3. The fourth-order valence-electron chi connectivity index (χ4n) is 2.70. The van der Waals surface area contributed by atoms with Crippen LogP contribution >= 0.6 is 46.4 Å². The van der Waals surface area contributed by atoms with Crippen LogP contribution in [0, 0.1) is 0 Å². The lowest BCUT2D eigenvalue weighted by Crippen LogP contribution is -2.36. The van der Waals surface area contributed by atoms with E-state index < -0.39 is 18.2 Å². The van der Waals surface area contributed by atoms with Crippen LogP contribution < -0.4 is 5.32 Å². The molecule has 0 bridgehead atoms. The van der Waals surface area contributed by atoms with Crippen molar-refractivity contribution in [1.82, 2.24) is 0 Å². The van der Waals surface area contributed by atoms with Gasteiger partial charge < -0.3 is 14.8 Å². The van der Waals surface area contributed by atoms with Crippen molar-refractivity contribution in [3.05, 3.63) is 97.9 Å². The lowest BCUT2D eigenvalue weighted by Gasteiger charge is -2.20. The van der Waals surface area contributed by atoms with Gasteiger partial charge in [-0.2, -0.15) is 0 Å². The van der Waals surface area contributed by atoms with E-state index in [0.717, 1.165) is 5.56 Å². The number of carbonyl (C=O) groups is 2.